The number of benzene rings is 1. The van der Waals surface area contributed by atoms with E-state index in [0.717, 1.165) is 42.6 Å². The molecule has 0 fully saturated rings. The van der Waals surface area contributed by atoms with Crippen LogP contribution in [-0.4, -0.2) is 4.98 Å². The van der Waals surface area contributed by atoms with Crippen molar-refractivity contribution in [2.45, 2.75) is 12.4 Å². The molecule has 0 aliphatic carbocycles. The van der Waals surface area contributed by atoms with Crippen molar-refractivity contribution in [1.29, 1.82) is 0 Å². The van der Waals surface area contributed by atoms with Crippen LogP contribution in [0.25, 0.3) is 11.3 Å². The third kappa shape index (κ3) is 3.09. The van der Waals surface area contributed by atoms with Crippen molar-refractivity contribution >= 4 is 0 Å². The Morgan fingerprint density at radius 1 is 0.700 bits per heavy atom. The first-order valence-electron chi connectivity index (χ1n) is 5.39. The molecule has 0 N–H and O–H groups in total. The van der Waals surface area contributed by atoms with Gasteiger partial charge in [0.05, 0.1) is 16.8 Å². The summed E-state index contributed by atoms with van der Waals surface area (Å²) < 4.78 is 74.7. The van der Waals surface area contributed by atoms with E-state index >= 15 is 0 Å². The quantitative estimate of drug-likeness (QED) is 0.689. The van der Waals surface area contributed by atoms with Gasteiger partial charge in [0, 0.05) is 11.8 Å². The van der Waals surface area contributed by atoms with E-state index in [2.05, 4.69) is 4.98 Å². The molecule has 7 heteroatoms. The molecule has 0 saturated carbocycles. The zero-order valence-electron chi connectivity index (χ0n) is 9.76. The Morgan fingerprint density at radius 3 is 1.75 bits per heavy atom. The molecule has 0 amide bonds. The fourth-order valence-corrected chi connectivity index (χ4v) is 1.59. The summed E-state index contributed by atoms with van der Waals surface area (Å²) in [6.45, 7) is 0. The summed E-state index contributed by atoms with van der Waals surface area (Å²) in [5.74, 6) is 0. The van der Waals surface area contributed by atoms with Crippen LogP contribution in [0.5, 0.6) is 0 Å². The third-order valence-corrected chi connectivity index (χ3v) is 2.60. The summed E-state index contributed by atoms with van der Waals surface area (Å²) in [7, 11) is 0. The summed E-state index contributed by atoms with van der Waals surface area (Å²) in [6, 6.07) is 5.38. The number of halogens is 6. The maximum atomic E-state index is 12.5. The molecule has 1 aromatic carbocycles. The highest BCUT2D eigenvalue weighted by Gasteiger charge is 2.31. The summed E-state index contributed by atoms with van der Waals surface area (Å²) in [5.41, 5.74) is -1.62. The first-order chi connectivity index (χ1) is 9.18. The van der Waals surface area contributed by atoms with Crippen molar-refractivity contribution in [3.05, 3.63) is 53.7 Å². The predicted octanol–water partition coefficient (Wildman–Crippen LogP) is 4.79. The Labute approximate surface area is 109 Å². The van der Waals surface area contributed by atoms with Gasteiger partial charge < -0.3 is 0 Å². The van der Waals surface area contributed by atoms with E-state index in [4.69, 9.17) is 0 Å². The van der Waals surface area contributed by atoms with Crippen LogP contribution in [-0.2, 0) is 12.4 Å². The minimum atomic E-state index is -4.52. The van der Waals surface area contributed by atoms with Gasteiger partial charge in [-0.15, -0.1) is 0 Å². The minimum absolute atomic E-state index is 0.0338. The van der Waals surface area contributed by atoms with Gasteiger partial charge in [0.25, 0.3) is 0 Å². The smallest absolute Gasteiger partial charge is 0.256 e. The first-order valence-corrected chi connectivity index (χ1v) is 5.39. The maximum absolute atomic E-state index is 12.5. The number of pyridine rings is 1. The number of nitrogens with zero attached hydrogens (tertiary/aromatic N) is 1. The average Bonchev–Trinajstić information content (AvgIpc) is 2.37. The lowest BCUT2D eigenvalue weighted by molar-refractivity contribution is -0.138. The third-order valence-electron chi connectivity index (χ3n) is 2.60. The van der Waals surface area contributed by atoms with Gasteiger partial charge >= 0.3 is 12.4 Å². The van der Waals surface area contributed by atoms with Crippen LogP contribution in [0.1, 0.15) is 11.1 Å². The van der Waals surface area contributed by atoms with Gasteiger partial charge in [-0.1, -0.05) is 12.1 Å². The summed E-state index contributed by atoms with van der Waals surface area (Å²) >= 11 is 0. The molecule has 2 aromatic rings. The summed E-state index contributed by atoms with van der Waals surface area (Å²) in [6.07, 6.45) is -8.04. The first kappa shape index (κ1) is 14.4. The summed E-state index contributed by atoms with van der Waals surface area (Å²) in [4.78, 5) is 3.73. The van der Waals surface area contributed by atoms with Crippen LogP contribution < -0.4 is 0 Å². The van der Waals surface area contributed by atoms with Crippen LogP contribution in [0.15, 0.2) is 42.6 Å². The van der Waals surface area contributed by atoms with Crippen LogP contribution in [0.3, 0.4) is 0 Å². The molecule has 0 bridgehead atoms. The van der Waals surface area contributed by atoms with Crippen LogP contribution in [0.2, 0.25) is 0 Å². The Kier molecular flexibility index (Phi) is 3.45. The van der Waals surface area contributed by atoms with Gasteiger partial charge in [-0.25, -0.2) is 0 Å². The van der Waals surface area contributed by atoms with Crippen molar-refractivity contribution in [3.8, 4) is 11.3 Å². The lowest BCUT2D eigenvalue weighted by Gasteiger charge is -2.09. The number of hydrogen-bond acceptors (Lipinski definition) is 1. The van der Waals surface area contributed by atoms with Gasteiger partial charge in [-0.05, 0) is 24.3 Å². The minimum Gasteiger partial charge on any atom is -0.256 e. The van der Waals surface area contributed by atoms with Crippen LogP contribution >= 0.6 is 0 Å². The molecule has 2 rings (SSSR count). The number of rotatable bonds is 1. The number of alkyl halides is 6. The molecule has 0 aliphatic rings. The van der Waals surface area contributed by atoms with E-state index in [1.54, 1.807) is 0 Å². The summed E-state index contributed by atoms with van der Waals surface area (Å²) in [5, 5.41) is 0. The zero-order valence-corrected chi connectivity index (χ0v) is 9.76. The predicted molar refractivity (Wildman–Crippen MR) is 59.7 cm³/mol. The fraction of sp³-hybridized carbons (Fsp3) is 0.154. The highest BCUT2D eigenvalue weighted by Crippen LogP contribution is 2.33. The highest BCUT2D eigenvalue weighted by molar-refractivity contribution is 5.60. The second-order valence-electron chi connectivity index (χ2n) is 4.00. The Morgan fingerprint density at radius 2 is 1.25 bits per heavy atom. The molecule has 1 heterocycles. The van der Waals surface area contributed by atoms with E-state index < -0.39 is 23.5 Å². The largest absolute Gasteiger partial charge is 0.416 e. The second-order valence-corrected chi connectivity index (χ2v) is 4.00. The van der Waals surface area contributed by atoms with E-state index in [1.165, 1.54) is 0 Å². The maximum Gasteiger partial charge on any atom is 0.416 e. The van der Waals surface area contributed by atoms with E-state index in [1.807, 2.05) is 0 Å². The molecular weight excluding hydrogens is 284 g/mol. The fourth-order valence-electron chi connectivity index (χ4n) is 1.59. The van der Waals surface area contributed by atoms with Gasteiger partial charge in [-0.3, -0.25) is 4.98 Å². The highest BCUT2D eigenvalue weighted by atomic mass is 19.4. The molecule has 106 valence electrons. The van der Waals surface area contributed by atoms with E-state index in [9.17, 15) is 26.3 Å². The van der Waals surface area contributed by atoms with Crippen molar-refractivity contribution in [2.24, 2.45) is 0 Å². The van der Waals surface area contributed by atoms with E-state index in [0.29, 0.717) is 0 Å². The van der Waals surface area contributed by atoms with Gasteiger partial charge in [0.15, 0.2) is 0 Å². The van der Waals surface area contributed by atoms with E-state index in [-0.39, 0.29) is 11.3 Å². The molecule has 20 heavy (non-hydrogen) atoms. The lowest BCUT2D eigenvalue weighted by atomic mass is 10.1. The topological polar surface area (TPSA) is 12.9 Å². The zero-order chi connectivity index (χ0) is 15.0. The molecule has 0 radical (unpaired) electrons. The normalized spacial score (nSPS) is 12.5. The molecule has 0 aliphatic heterocycles. The number of hydrogen-bond donors (Lipinski definition) is 0. The lowest BCUT2D eigenvalue weighted by Crippen LogP contribution is -2.06. The Bertz CT molecular complexity index is 597. The Balaban J connectivity index is 2.38. The van der Waals surface area contributed by atoms with Crippen LogP contribution in [0, 0.1) is 0 Å². The molecule has 1 nitrogen and oxygen atoms in total. The molecule has 1 aromatic heterocycles. The molecule has 0 spiro atoms. The standard InChI is InChI=1S/C13H7F6N/c14-12(15,16)9-3-1-8(2-4-9)11-7-10(5-6-20-11)13(17,18)19/h1-7H. The van der Waals surface area contributed by atoms with Gasteiger partial charge in [0.2, 0.25) is 0 Å². The molecule has 0 atom stereocenters. The molecule has 0 unspecified atom stereocenters. The average molecular weight is 291 g/mol. The van der Waals surface area contributed by atoms with Gasteiger partial charge in [0.1, 0.15) is 0 Å². The SMILES string of the molecule is FC(F)(F)c1ccc(-c2cc(C(F)(F)F)ccn2)cc1. The molecular formula is C13H7F6N. The van der Waals surface area contributed by atoms with Crippen molar-refractivity contribution in [2.75, 3.05) is 0 Å². The number of aromatic nitrogens is 1. The van der Waals surface area contributed by atoms with Gasteiger partial charge in [-0.2, -0.15) is 26.3 Å². The van der Waals surface area contributed by atoms with Crippen molar-refractivity contribution in [1.82, 2.24) is 4.98 Å². The Hall–Kier alpha value is -2.05. The molecule has 0 saturated heterocycles. The monoisotopic (exact) mass is 291 g/mol. The van der Waals surface area contributed by atoms with Crippen molar-refractivity contribution in [3.63, 3.8) is 0 Å². The van der Waals surface area contributed by atoms with Crippen molar-refractivity contribution < 1.29 is 26.3 Å². The van der Waals surface area contributed by atoms with Crippen LogP contribution in [0.4, 0.5) is 26.3 Å². The second kappa shape index (κ2) is 4.81.